The molecule has 6 heteroatoms. The molecule has 2 aromatic rings. The van der Waals surface area contributed by atoms with Gasteiger partial charge >= 0.3 is 5.97 Å². The molecule has 0 amide bonds. The van der Waals surface area contributed by atoms with E-state index in [-0.39, 0.29) is 0 Å². The molecule has 100 valence electrons. The number of carboxylic acids is 1. The van der Waals surface area contributed by atoms with Gasteiger partial charge in [-0.1, -0.05) is 40.9 Å². The maximum atomic E-state index is 11.4. The minimum atomic E-state index is -0.899. The van der Waals surface area contributed by atoms with E-state index in [0.717, 1.165) is 5.56 Å². The number of hydrogen-bond acceptors (Lipinski definition) is 2. The Morgan fingerprint density at radius 3 is 2.47 bits per heavy atom. The Hall–Kier alpha value is -0.740. The summed E-state index contributed by atoms with van der Waals surface area (Å²) in [6, 6.07) is 8.48. The fourth-order valence-corrected chi connectivity index (χ4v) is 3.37. The molecule has 0 saturated heterocycles. The summed E-state index contributed by atoms with van der Waals surface area (Å²) in [5.74, 6) is -1.55. The van der Waals surface area contributed by atoms with Crippen molar-refractivity contribution in [3.63, 3.8) is 0 Å². The molecule has 0 aliphatic carbocycles. The quantitative estimate of drug-likeness (QED) is 0.842. The zero-order valence-corrected chi connectivity index (χ0v) is 12.7. The van der Waals surface area contributed by atoms with Crippen molar-refractivity contribution in [1.29, 1.82) is 0 Å². The Morgan fingerprint density at radius 1 is 1.21 bits per heavy atom. The minimum Gasteiger partial charge on any atom is -0.481 e. The standard InChI is InChI=1S/C13H9Cl3O2S/c14-8-2-1-7(10(15)6-8)5-9(13(17)18)11-3-4-12(16)19-11/h1-4,6,9H,5H2,(H,17,18). The lowest BCUT2D eigenvalue weighted by Gasteiger charge is -2.12. The minimum absolute atomic E-state index is 0.308. The third-order valence-corrected chi connectivity index (χ3v) is 4.61. The lowest BCUT2D eigenvalue weighted by molar-refractivity contribution is -0.138. The van der Waals surface area contributed by atoms with E-state index in [4.69, 9.17) is 34.8 Å². The van der Waals surface area contributed by atoms with Crippen molar-refractivity contribution >= 4 is 52.1 Å². The molecular weight excluding hydrogens is 327 g/mol. The van der Waals surface area contributed by atoms with Crippen LogP contribution in [0.3, 0.4) is 0 Å². The Balaban J connectivity index is 2.29. The van der Waals surface area contributed by atoms with Gasteiger partial charge in [0.25, 0.3) is 0 Å². The van der Waals surface area contributed by atoms with Gasteiger partial charge in [0.15, 0.2) is 0 Å². The molecule has 1 heterocycles. The maximum absolute atomic E-state index is 11.4. The third kappa shape index (κ3) is 3.63. The van der Waals surface area contributed by atoms with Crippen LogP contribution in [0.2, 0.25) is 14.4 Å². The Morgan fingerprint density at radius 2 is 1.95 bits per heavy atom. The van der Waals surface area contributed by atoms with E-state index in [2.05, 4.69) is 0 Å². The molecule has 0 spiro atoms. The molecule has 19 heavy (non-hydrogen) atoms. The van der Waals surface area contributed by atoms with Crippen LogP contribution in [0.25, 0.3) is 0 Å². The summed E-state index contributed by atoms with van der Waals surface area (Å²) < 4.78 is 0.573. The molecule has 1 atom stereocenters. The molecule has 0 radical (unpaired) electrons. The number of thiophene rings is 1. The lowest BCUT2D eigenvalue weighted by Crippen LogP contribution is -2.13. The largest absolute Gasteiger partial charge is 0.481 e. The topological polar surface area (TPSA) is 37.3 Å². The van der Waals surface area contributed by atoms with Gasteiger partial charge in [-0.3, -0.25) is 4.79 Å². The lowest BCUT2D eigenvalue weighted by atomic mass is 9.98. The van der Waals surface area contributed by atoms with Crippen LogP contribution in [0.1, 0.15) is 16.4 Å². The van der Waals surface area contributed by atoms with Gasteiger partial charge in [-0.15, -0.1) is 11.3 Å². The monoisotopic (exact) mass is 334 g/mol. The normalized spacial score (nSPS) is 12.4. The second-order valence-corrected chi connectivity index (χ2v) is 6.56. The molecule has 0 bridgehead atoms. The molecule has 1 aromatic carbocycles. The number of hydrogen-bond donors (Lipinski definition) is 1. The number of aliphatic carboxylic acids is 1. The highest BCUT2D eigenvalue weighted by atomic mass is 35.5. The highest BCUT2D eigenvalue weighted by Gasteiger charge is 2.23. The van der Waals surface area contributed by atoms with Crippen molar-refractivity contribution in [3.05, 3.63) is 55.2 Å². The summed E-state index contributed by atoms with van der Waals surface area (Å²) in [6.45, 7) is 0. The van der Waals surface area contributed by atoms with Gasteiger partial charge in [0.05, 0.1) is 10.3 Å². The number of carbonyl (C=O) groups is 1. The zero-order valence-electron chi connectivity index (χ0n) is 9.57. The second-order valence-electron chi connectivity index (χ2n) is 3.97. The van der Waals surface area contributed by atoms with E-state index in [1.165, 1.54) is 11.3 Å². The molecule has 2 rings (SSSR count). The maximum Gasteiger partial charge on any atom is 0.312 e. The van der Waals surface area contributed by atoms with Crippen LogP contribution >= 0.6 is 46.1 Å². The zero-order chi connectivity index (χ0) is 14.0. The molecule has 1 unspecified atom stereocenters. The average Bonchev–Trinajstić information content (AvgIpc) is 2.74. The highest BCUT2D eigenvalue weighted by molar-refractivity contribution is 7.16. The van der Waals surface area contributed by atoms with Gasteiger partial charge < -0.3 is 5.11 Å². The van der Waals surface area contributed by atoms with Crippen LogP contribution in [0, 0.1) is 0 Å². The van der Waals surface area contributed by atoms with Gasteiger partial charge in [-0.05, 0) is 36.2 Å². The first kappa shape index (κ1) is 14.7. The summed E-state index contributed by atoms with van der Waals surface area (Å²) in [5.41, 5.74) is 0.753. The Labute approximate surface area is 129 Å². The fraction of sp³-hybridized carbons (Fsp3) is 0.154. The molecule has 2 nitrogen and oxygen atoms in total. The van der Waals surface area contributed by atoms with Crippen molar-refractivity contribution in [2.45, 2.75) is 12.3 Å². The average molecular weight is 336 g/mol. The van der Waals surface area contributed by atoms with Crippen LogP contribution < -0.4 is 0 Å². The van der Waals surface area contributed by atoms with Crippen molar-refractivity contribution in [2.24, 2.45) is 0 Å². The molecule has 0 fully saturated rings. The molecule has 1 N–H and O–H groups in total. The first-order valence-electron chi connectivity index (χ1n) is 5.39. The molecule has 1 aromatic heterocycles. The molecule has 0 aliphatic heterocycles. The van der Waals surface area contributed by atoms with E-state index in [1.54, 1.807) is 30.3 Å². The SMILES string of the molecule is O=C(O)C(Cc1ccc(Cl)cc1Cl)c1ccc(Cl)s1. The summed E-state index contributed by atoms with van der Waals surface area (Å²) in [6.07, 6.45) is 0.308. The van der Waals surface area contributed by atoms with Crippen molar-refractivity contribution in [3.8, 4) is 0 Å². The van der Waals surface area contributed by atoms with Gasteiger partial charge in [0.1, 0.15) is 0 Å². The molecular formula is C13H9Cl3O2S. The van der Waals surface area contributed by atoms with E-state index >= 15 is 0 Å². The Bertz CT molecular complexity index is 610. The van der Waals surface area contributed by atoms with E-state index < -0.39 is 11.9 Å². The number of benzene rings is 1. The summed E-state index contributed by atoms with van der Waals surface area (Å²) in [4.78, 5) is 12.1. The van der Waals surface area contributed by atoms with Crippen molar-refractivity contribution < 1.29 is 9.90 Å². The first-order chi connectivity index (χ1) is 8.97. The number of carboxylic acid groups (broad SMARTS) is 1. The van der Waals surface area contributed by atoms with E-state index in [1.807, 2.05) is 0 Å². The second kappa shape index (κ2) is 6.14. The van der Waals surface area contributed by atoms with Gasteiger partial charge in [0.2, 0.25) is 0 Å². The summed E-state index contributed by atoms with van der Waals surface area (Å²) in [7, 11) is 0. The first-order valence-corrected chi connectivity index (χ1v) is 7.34. The van der Waals surface area contributed by atoms with Crippen LogP contribution in [-0.2, 0) is 11.2 Å². The summed E-state index contributed by atoms with van der Waals surface area (Å²) >= 11 is 19.0. The molecule has 0 aliphatic rings. The van der Waals surface area contributed by atoms with Crippen LogP contribution in [0.15, 0.2) is 30.3 Å². The molecule has 0 saturated carbocycles. The van der Waals surface area contributed by atoms with Gasteiger partial charge in [-0.2, -0.15) is 0 Å². The fourth-order valence-electron chi connectivity index (χ4n) is 1.73. The van der Waals surface area contributed by atoms with E-state index in [9.17, 15) is 9.90 Å². The number of halogens is 3. The van der Waals surface area contributed by atoms with Crippen molar-refractivity contribution in [1.82, 2.24) is 0 Å². The van der Waals surface area contributed by atoms with Gasteiger partial charge in [-0.25, -0.2) is 0 Å². The Kier molecular flexibility index (Phi) is 4.74. The number of rotatable bonds is 4. The van der Waals surface area contributed by atoms with Crippen LogP contribution in [-0.4, -0.2) is 11.1 Å². The van der Waals surface area contributed by atoms with Crippen LogP contribution in [0.5, 0.6) is 0 Å². The van der Waals surface area contributed by atoms with Crippen molar-refractivity contribution in [2.75, 3.05) is 0 Å². The third-order valence-electron chi connectivity index (χ3n) is 2.67. The smallest absolute Gasteiger partial charge is 0.312 e. The van der Waals surface area contributed by atoms with E-state index in [0.29, 0.717) is 25.7 Å². The van der Waals surface area contributed by atoms with Crippen LogP contribution in [0.4, 0.5) is 0 Å². The highest BCUT2D eigenvalue weighted by Crippen LogP contribution is 2.32. The predicted octanol–water partition coefficient (Wildman–Crippen LogP) is 5.12. The van der Waals surface area contributed by atoms with Gasteiger partial charge in [0, 0.05) is 14.9 Å². The summed E-state index contributed by atoms with van der Waals surface area (Å²) in [5, 5.41) is 10.3. The predicted molar refractivity (Wildman–Crippen MR) is 79.9 cm³/mol.